The number of pyridine rings is 1. The van der Waals surface area contributed by atoms with Crippen LogP contribution in [0.15, 0.2) is 23.4 Å². The number of nitrogens with zero attached hydrogens (tertiary/aromatic N) is 5. The molecule has 2 aromatic rings. The van der Waals surface area contributed by atoms with E-state index in [1.165, 1.54) is 23.6 Å². The second-order valence-electron chi connectivity index (χ2n) is 3.66. The molecule has 2 aromatic heterocycles. The number of hydrogen-bond donors (Lipinski definition) is 0. The molecule has 0 fully saturated rings. The summed E-state index contributed by atoms with van der Waals surface area (Å²) in [5.41, 5.74) is 0.835. The van der Waals surface area contributed by atoms with Crippen molar-refractivity contribution in [2.24, 2.45) is 0 Å². The van der Waals surface area contributed by atoms with Crippen LogP contribution in [0, 0.1) is 0 Å². The van der Waals surface area contributed by atoms with Crippen LogP contribution in [-0.4, -0.2) is 45.4 Å². The van der Waals surface area contributed by atoms with E-state index in [4.69, 9.17) is 4.74 Å². The van der Waals surface area contributed by atoms with Gasteiger partial charge in [-0.15, -0.1) is 5.10 Å². The van der Waals surface area contributed by atoms with Gasteiger partial charge in [-0.05, 0) is 16.5 Å². The third-order valence-corrected chi connectivity index (χ3v) is 3.34. The number of tetrazole rings is 1. The number of methoxy groups -OCH3 is 2. The Hall–Kier alpha value is -2.16. The molecule has 0 unspecified atom stereocenters. The first-order chi connectivity index (χ1) is 9.72. The molecule has 0 amide bonds. The monoisotopic (exact) mass is 295 g/mol. The zero-order chi connectivity index (χ0) is 14.4. The summed E-state index contributed by atoms with van der Waals surface area (Å²) in [6.07, 6.45) is 0. The minimum Gasteiger partial charge on any atom is -0.481 e. The molecule has 0 atom stereocenters. The summed E-state index contributed by atoms with van der Waals surface area (Å²) in [7, 11) is 2.88. The largest absolute Gasteiger partial charge is 0.481 e. The van der Waals surface area contributed by atoms with E-state index in [0.717, 1.165) is 5.69 Å². The third-order valence-electron chi connectivity index (χ3n) is 2.35. The zero-order valence-electron chi connectivity index (χ0n) is 11.0. The Bertz CT molecular complexity index is 589. The number of aromatic nitrogens is 5. The van der Waals surface area contributed by atoms with Crippen LogP contribution in [0.5, 0.6) is 5.88 Å². The third kappa shape index (κ3) is 3.67. The van der Waals surface area contributed by atoms with Gasteiger partial charge in [-0.3, -0.25) is 4.79 Å². The van der Waals surface area contributed by atoms with Crippen molar-refractivity contribution in [2.75, 3.05) is 14.2 Å². The number of thioether (sulfide) groups is 1. The van der Waals surface area contributed by atoms with Gasteiger partial charge in [-0.25, -0.2) is 9.67 Å². The van der Waals surface area contributed by atoms with Gasteiger partial charge < -0.3 is 9.47 Å². The Morgan fingerprint density at radius 3 is 3.00 bits per heavy atom. The molecule has 0 bridgehead atoms. The second kappa shape index (κ2) is 6.85. The van der Waals surface area contributed by atoms with Crippen molar-refractivity contribution in [2.45, 2.75) is 17.5 Å². The zero-order valence-corrected chi connectivity index (χ0v) is 11.8. The van der Waals surface area contributed by atoms with E-state index in [1.54, 1.807) is 13.2 Å². The number of carbonyl (C=O) groups is 1. The van der Waals surface area contributed by atoms with Crippen molar-refractivity contribution < 1.29 is 14.3 Å². The number of hydrogen-bond acceptors (Lipinski definition) is 8. The second-order valence-corrected chi connectivity index (χ2v) is 4.60. The maximum Gasteiger partial charge on any atom is 0.327 e. The maximum atomic E-state index is 11.2. The molecule has 106 valence electrons. The number of esters is 1. The highest BCUT2D eigenvalue weighted by Gasteiger charge is 2.11. The van der Waals surface area contributed by atoms with Gasteiger partial charge in [0.15, 0.2) is 0 Å². The predicted octanol–water partition coefficient (Wildman–Crippen LogP) is 0.542. The highest BCUT2D eigenvalue weighted by atomic mass is 32.2. The maximum absolute atomic E-state index is 11.2. The van der Waals surface area contributed by atoms with Crippen molar-refractivity contribution in [3.63, 3.8) is 0 Å². The molecule has 0 N–H and O–H groups in total. The summed E-state index contributed by atoms with van der Waals surface area (Å²) in [6.45, 7) is -0.0165. The molecule has 0 aromatic carbocycles. The average Bonchev–Trinajstić information content (AvgIpc) is 2.92. The Labute approximate surface area is 119 Å². The number of ether oxygens (including phenoxy) is 2. The Morgan fingerprint density at radius 1 is 1.40 bits per heavy atom. The summed E-state index contributed by atoms with van der Waals surface area (Å²) >= 11 is 1.38. The van der Waals surface area contributed by atoms with Crippen LogP contribution in [0.1, 0.15) is 5.69 Å². The van der Waals surface area contributed by atoms with Gasteiger partial charge in [-0.1, -0.05) is 17.8 Å². The Morgan fingerprint density at radius 2 is 2.25 bits per heavy atom. The first-order valence-electron chi connectivity index (χ1n) is 5.68. The minimum absolute atomic E-state index is 0.0165. The normalized spacial score (nSPS) is 10.3. The van der Waals surface area contributed by atoms with Crippen molar-refractivity contribution in [1.29, 1.82) is 0 Å². The average molecular weight is 295 g/mol. The van der Waals surface area contributed by atoms with Crippen LogP contribution in [0.2, 0.25) is 0 Å². The molecule has 9 heteroatoms. The van der Waals surface area contributed by atoms with E-state index < -0.39 is 5.97 Å². The van der Waals surface area contributed by atoms with Crippen molar-refractivity contribution in [1.82, 2.24) is 25.2 Å². The van der Waals surface area contributed by atoms with Crippen molar-refractivity contribution >= 4 is 17.7 Å². The van der Waals surface area contributed by atoms with Gasteiger partial charge in [0.2, 0.25) is 11.0 Å². The van der Waals surface area contributed by atoms with Gasteiger partial charge in [-0.2, -0.15) is 0 Å². The lowest BCUT2D eigenvalue weighted by Crippen LogP contribution is -2.13. The number of rotatable bonds is 6. The van der Waals surface area contributed by atoms with Gasteiger partial charge in [0, 0.05) is 11.8 Å². The van der Waals surface area contributed by atoms with Gasteiger partial charge in [0.05, 0.1) is 19.9 Å². The lowest BCUT2D eigenvalue weighted by molar-refractivity contribution is -0.141. The molecule has 2 rings (SSSR count). The summed E-state index contributed by atoms with van der Waals surface area (Å²) in [5, 5.41) is 11.7. The summed E-state index contributed by atoms with van der Waals surface area (Å²) < 4.78 is 11.0. The van der Waals surface area contributed by atoms with Crippen LogP contribution < -0.4 is 4.74 Å². The molecule has 0 saturated heterocycles. The molecule has 2 heterocycles. The first-order valence-corrected chi connectivity index (χ1v) is 6.67. The molecule has 20 heavy (non-hydrogen) atoms. The fourth-order valence-electron chi connectivity index (χ4n) is 1.38. The lowest BCUT2D eigenvalue weighted by Gasteiger charge is -2.04. The van der Waals surface area contributed by atoms with Crippen molar-refractivity contribution in [3.8, 4) is 5.88 Å². The molecule has 0 aliphatic rings. The molecular weight excluding hydrogens is 282 g/mol. The molecule has 0 radical (unpaired) electrons. The SMILES string of the molecule is COC(=O)Cn1nnnc1SCc1cccc(OC)n1. The van der Waals surface area contributed by atoms with Crippen LogP contribution in [0.3, 0.4) is 0 Å². The predicted molar refractivity (Wildman–Crippen MR) is 70.2 cm³/mol. The quantitative estimate of drug-likeness (QED) is 0.563. The topological polar surface area (TPSA) is 92.0 Å². The highest BCUT2D eigenvalue weighted by Crippen LogP contribution is 2.20. The van der Waals surface area contributed by atoms with Crippen LogP contribution in [-0.2, 0) is 21.8 Å². The van der Waals surface area contributed by atoms with E-state index in [9.17, 15) is 4.79 Å². The van der Waals surface area contributed by atoms with Crippen LogP contribution in [0.4, 0.5) is 0 Å². The van der Waals surface area contributed by atoms with Crippen LogP contribution in [0.25, 0.3) is 0 Å². The van der Waals surface area contributed by atoms with E-state index in [2.05, 4.69) is 25.2 Å². The lowest BCUT2D eigenvalue weighted by atomic mass is 10.4. The molecule has 0 aliphatic carbocycles. The molecule has 0 spiro atoms. The first kappa shape index (κ1) is 14.3. The Kier molecular flexibility index (Phi) is 4.88. The minimum atomic E-state index is -0.404. The molecule has 0 saturated carbocycles. The summed E-state index contributed by atoms with van der Waals surface area (Å²) in [5.74, 6) is 0.717. The van der Waals surface area contributed by atoms with Gasteiger partial charge in [0.1, 0.15) is 6.54 Å². The van der Waals surface area contributed by atoms with E-state index in [1.807, 2.05) is 12.1 Å². The summed E-state index contributed by atoms with van der Waals surface area (Å²) in [6, 6.07) is 5.51. The molecule has 0 aliphatic heterocycles. The smallest absolute Gasteiger partial charge is 0.327 e. The fourth-order valence-corrected chi connectivity index (χ4v) is 2.16. The highest BCUT2D eigenvalue weighted by molar-refractivity contribution is 7.98. The van der Waals surface area contributed by atoms with E-state index in [-0.39, 0.29) is 6.54 Å². The van der Waals surface area contributed by atoms with Crippen LogP contribution >= 0.6 is 11.8 Å². The van der Waals surface area contributed by atoms with E-state index in [0.29, 0.717) is 16.8 Å². The van der Waals surface area contributed by atoms with Gasteiger partial charge >= 0.3 is 5.97 Å². The molecule has 8 nitrogen and oxygen atoms in total. The Balaban J connectivity index is 2.00. The van der Waals surface area contributed by atoms with E-state index >= 15 is 0 Å². The summed E-state index contributed by atoms with van der Waals surface area (Å²) in [4.78, 5) is 15.5. The van der Waals surface area contributed by atoms with Gasteiger partial charge in [0.25, 0.3) is 0 Å². The number of carbonyl (C=O) groups excluding carboxylic acids is 1. The molecular formula is C11H13N5O3S. The standard InChI is InChI=1S/C11H13N5O3S/c1-18-9-5-3-4-8(12-9)7-20-11-13-14-15-16(11)6-10(17)19-2/h3-5H,6-7H2,1-2H3. The van der Waals surface area contributed by atoms with Crippen molar-refractivity contribution in [3.05, 3.63) is 23.9 Å². The fraction of sp³-hybridized carbons (Fsp3) is 0.364.